The van der Waals surface area contributed by atoms with Gasteiger partial charge in [0.05, 0.1) is 6.04 Å². The van der Waals surface area contributed by atoms with Crippen molar-refractivity contribution in [3.63, 3.8) is 0 Å². The number of carbonyl (C=O) groups excluding carboxylic acids is 3. The first kappa shape index (κ1) is 22.8. The second-order valence-corrected chi connectivity index (χ2v) is 8.48. The first-order valence-electron chi connectivity index (χ1n) is 9.24. The third-order valence-electron chi connectivity index (χ3n) is 3.79. The average molecular weight is 399 g/mol. The van der Waals surface area contributed by atoms with Crippen molar-refractivity contribution in [2.45, 2.75) is 65.3 Å². The fourth-order valence-electron chi connectivity index (χ4n) is 2.27. The lowest BCUT2D eigenvalue weighted by Crippen LogP contribution is -2.50. The van der Waals surface area contributed by atoms with Gasteiger partial charge in [-0.2, -0.15) is 0 Å². The van der Waals surface area contributed by atoms with E-state index in [9.17, 15) is 18.8 Å². The molecule has 1 rings (SSSR count). The summed E-state index contributed by atoms with van der Waals surface area (Å²) in [5.74, 6) is -2.02. The van der Waals surface area contributed by atoms with Crippen molar-refractivity contribution < 1.29 is 32.1 Å². The Hall–Kier alpha value is -2.22. The summed E-state index contributed by atoms with van der Waals surface area (Å²) < 4.78 is 29.1. The molecule has 0 unspecified atom stereocenters. The largest absolute Gasteiger partial charge is 0.705 e. The van der Waals surface area contributed by atoms with Gasteiger partial charge in [0.15, 0.2) is 0 Å². The summed E-state index contributed by atoms with van der Waals surface area (Å²) >= 11 is 0. The zero-order valence-electron chi connectivity index (χ0n) is 16.1. The summed E-state index contributed by atoms with van der Waals surface area (Å²) in [6, 6.07) is 6.35. The number of hydrogen-bond acceptors (Lipinski definition) is 6. The summed E-state index contributed by atoms with van der Waals surface area (Å²) in [5, 5.41) is 0. The Balaban J connectivity index is 2.81. The second kappa shape index (κ2) is 11.5. The highest BCUT2D eigenvalue weighted by molar-refractivity contribution is 6.65. The average Bonchev–Trinajstić information content (AvgIpc) is 2.66. The summed E-state index contributed by atoms with van der Waals surface area (Å²) in [4.78, 5) is 35.5. The van der Waals surface area contributed by atoms with Gasteiger partial charge in [-0.15, -0.1) is 0 Å². The lowest BCUT2D eigenvalue weighted by Gasteiger charge is -2.27. The number of hydrogen-bond donors (Lipinski definition) is 0. The molecule has 0 heterocycles. The lowest BCUT2D eigenvalue weighted by molar-refractivity contribution is -0.150. The third kappa shape index (κ3) is 8.34. The molecule has 0 spiro atoms. The van der Waals surface area contributed by atoms with E-state index < -0.39 is 26.7 Å². The molecule has 0 radical (unpaired) electrons. The molecule has 0 bridgehead atoms. The Labute approximate surface area is 160 Å². The predicted octanol–water partition coefficient (Wildman–Crippen LogP) is 3.95. The molecule has 0 aliphatic carbocycles. The van der Waals surface area contributed by atoms with Crippen LogP contribution in [0, 0.1) is 5.82 Å². The van der Waals surface area contributed by atoms with Crippen LogP contribution in [0.25, 0.3) is 0 Å². The van der Waals surface area contributed by atoms with Crippen LogP contribution >= 0.6 is 0 Å². The minimum absolute atomic E-state index is 0.0810. The van der Waals surface area contributed by atoms with Crippen LogP contribution in [-0.4, -0.2) is 26.7 Å². The molecule has 27 heavy (non-hydrogen) atoms. The van der Waals surface area contributed by atoms with Crippen LogP contribution in [0.2, 0.25) is 6.04 Å². The molecule has 0 atom stereocenters. The van der Waals surface area contributed by atoms with Crippen LogP contribution in [-0.2, 0) is 34.1 Å². The van der Waals surface area contributed by atoms with E-state index in [2.05, 4.69) is 0 Å². The van der Waals surface area contributed by atoms with Gasteiger partial charge in [-0.1, -0.05) is 32.9 Å². The van der Waals surface area contributed by atoms with Crippen molar-refractivity contribution in [1.82, 2.24) is 0 Å². The molecule has 150 valence electrons. The van der Waals surface area contributed by atoms with Crippen molar-refractivity contribution in [3.05, 3.63) is 35.6 Å². The fourth-order valence-corrected chi connectivity index (χ4v) is 4.86. The predicted molar refractivity (Wildman–Crippen MR) is 99.0 cm³/mol. The smallest absolute Gasteiger partial charge is 0.455 e. The monoisotopic (exact) mass is 398 g/mol. The van der Waals surface area contributed by atoms with Crippen molar-refractivity contribution in [3.8, 4) is 0 Å². The van der Waals surface area contributed by atoms with E-state index >= 15 is 0 Å². The Morgan fingerprint density at radius 1 is 0.815 bits per heavy atom. The van der Waals surface area contributed by atoms with E-state index in [1.807, 2.05) is 0 Å². The summed E-state index contributed by atoms with van der Waals surface area (Å²) in [6.07, 6.45) is 2.12. The van der Waals surface area contributed by atoms with Crippen molar-refractivity contribution >= 4 is 26.7 Å². The molecule has 0 saturated carbocycles. The third-order valence-corrected chi connectivity index (χ3v) is 6.37. The van der Waals surface area contributed by atoms with Crippen LogP contribution < -0.4 is 0 Å². The number of benzene rings is 1. The Kier molecular flexibility index (Phi) is 9.70. The van der Waals surface area contributed by atoms with Gasteiger partial charge < -0.3 is 13.3 Å². The van der Waals surface area contributed by atoms with Crippen LogP contribution in [0.5, 0.6) is 0 Å². The highest BCUT2D eigenvalue weighted by Crippen LogP contribution is 2.23. The number of aryl methyl sites for hydroxylation is 1. The number of unbranched alkanes of at least 4 members (excludes halogenated alkanes) is 1. The maximum Gasteiger partial charge on any atom is 0.705 e. The SMILES string of the molecule is CCC(=O)O[Si](CCCCc1ccc(F)cc1)(OC(=O)CC)OC(=O)CC. The summed E-state index contributed by atoms with van der Waals surface area (Å²) in [7, 11) is -3.80. The van der Waals surface area contributed by atoms with Crippen molar-refractivity contribution in [1.29, 1.82) is 0 Å². The highest BCUT2D eigenvalue weighted by atomic mass is 28.4. The zero-order chi connectivity index (χ0) is 20.3. The van der Waals surface area contributed by atoms with Gasteiger partial charge in [0.2, 0.25) is 0 Å². The molecule has 0 aliphatic heterocycles. The molecule has 1 aromatic rings. The van der Waals surface area contributed by atoms with E-state index in [4.69, 9.17) is 13.3 Å². The molecule has 1 aromatic carbocycles. The van der Waals surface area contributed by atoms with Crippen molar-refractivity contribution in [2.24, 2.45) is 0 Å². The minimum Gasteiger partial charge on any atom is -0.455 e. The van der Waals surface area contributed by atoms with Gasteiger partial charge in [0.1, 0.15) is 5.82 Å². The molecule has 0 saturated heterocycles. The van der Waals surface area contributed by atoms with E-state index in [-0.39, 0.29) is 31.1 Å². The lowest BCUT2D eigenvalue weighted by atomic mass is 10.1. The van der Waals surface area contributed by atoms with Crippen molar-refractivity contribution in [2.75, 3.05) is 0 Å². The normalized spacial score (nSPS) is 11.0. The van der Waals surface area contributed by atoms with Crippen LogP contribution in [0.4, 0.5) is 4.39 Å². The molecule has 6 nitrogen and oxygen atoms in total. The van der Waals surface area contributed by atoms with E-state index in [0.29, 0.717) is 19.3 Å². The molecule has 8 heteroatoms. The summed E-state index contributed by atoms with van der Waals surface area (Å²) in [6.45, 7) is 4.83. The van der Waals surface area contributed by atoms with E-state index in [0.717, 1.165) is 5.56 Å². The first-order valence-corrected chi connectivity index (χ1v) is 11.2. The number of halogens is 1. The fraction of sp³-hybridized carbons (Fsp3) is 0.526. The number of rotatable bonds is 11. The zero-order valence-corrected chi connectivity index (χ0v) is 17.1. The molecule has 0 fully saturated rings. The highest BCUT2D eigenvalue weighted by Gasteiger charge is 2.52. The minimum atomic E-state index is -3.80. The quantitative estimate of drug-likeness (QED) is 0.415. The van der Waals surface area contributed by atoms with Gasteiger partial charge in [-0.25, -0.2) is 4.39 Å². The molecule has 0 amide bonds. The number of carbonyl (C=O) groups is 3. The molecule has 0 aromatic heterocycles. The van der Waals surface area contributed by atoms with Crippen LogP contribution in [0.1, 0.15) is 58.4 Å². The Morgan fingerprint density at radius 2 is 1.26 bits per heavy atom. The first-order chi connectivity index (χ1) is 12.8. The van der Waals surface area contributed by atoms with E-state index in [1.54, 1.807) is 32.9 Å². The van der Waals surface area contributed by atoms with Gasteiger partial charge in [-0.3, -0.25) is 14.4 Å². The van der Waals surface area contributed by atoms with Gasteiger partial charge in [0.25, 0.3) is 17.9 Å². The maximum absolute atomic E-state index is 13.0. The molecule has 0 N–H and O–H groups in total. The van der Waals surface area contributed by atoms with Gasteiger partial charge in [0, 0.05) is 19.3 Å². The standard InChI is InChI=1S/C19H27FO6Si/c1-4-17(21)24-27(25-18(22)5-2,26-19(23)6-3)14-8-7-9-15-10-12-16(20)13-11-15/h10-13H,4-9,14H2,1-3H3. The second-order valence-electron chi connectivity index (χ2n) is 6.00. The van der Waals surface area contributed by atoms with Crippen LogP contribution in [0.3, 0.4) is 0 Å². The van der Waals surface area contributed by atoms with E-state index in [1.165, 1.54) is 12.1 Å². The van der Waals surface area contributed by atoms with Crippen LogP contribution in [0.15, 0.2) is 24.3 Å². The summed E-state index contributed by atoms with van der Waals surface area (Å²) in [5.41, 5.74) is 0.963. The van der Waals surface area contributed by atoms with Gasteiger partial charge >= 0.3 is 8.80 Å². The molecular formula is C19H27FO6Si. The topological polar surface area (TPSA) is 78.9 Å². The van der Waals surface area contributed by atoms with Gasteiger partial charge in [-0.05, 0) is 37.0 Å². The Morgan fingerprint density at radius 3 is 1.67 bits per heavy atom. The molecular weight excluding hydrogens is 371 g/mol. The maximum atomic E-state index is 13.0. The Bertz CT molecular complexity index is 586. The molecule has 0 aliphatic rings.